The zero-order chi connectivity index (χ0) is 18.6. The summed E-state index contributed by atoms with van der Waals surface area (Å²) in [6.07, 6.45) is 1.39. The Morgan fingerprint density at radius 1 is 1.20 bits per heavy atom. The fraction of sp³-hybridized carbons (Fsp3) is 0.389. The Bertz CT molecular complexity index is 867. The van der Waals surface area contributed by atoms with Crippen molar-refractivity contribution >= 4 is 5.91 Å². The molecule has 0 bridgehead atoms. The van der Waals surface area contributed by atoms with E-state index in [-0.39, 0.29) is 24.6 Å². The molecule has 1 aromatic heterocycles. The van der Waals surface area contributed by atoms with Gasteiger partial charge in [0.05, 0.1) is 12.1 Å². The minimum absolute atomic E-state index is 0.0664. The van der Waals surface area contributed by atoms with Crippen LogP contribution in [0.15, 0.2) is 46.1 Å². The van der Waals surface area contributed by atoms with Gasteiger partial charge < -0.3 is 10.1 Å². The number of ether oxygens (including phenoxy) is 1. The summed E-state index contributed by atoms with van der Waals surface area (Å²) in [5.74, 6) is 0.423. The zero-order valence-electron chi connectivity index (χ0n) is 14.9. The molecule has 7 heteroatoms. The molecule has 0 fully saturated rings. The predicted molar refractivity (Wildman–Crippen MR) is 94.7 cm³/mol. The first kappa shape index (κ1) is 18.5. The van der Waals surface area contributed by atoms with Gasteiger partial charge >= 0.3 is 5.69 Å². The maximum atomic E-state index is 12.2. The van der Waals surface area contributed by atoms with E-state index >= 15 is 0 Å². The molecular weight excluding hydrogens is 322 g/mol. The normalized spacial score (nSPS) is 12.0. The first-order valence-corrected chi connectivity index (χ1v) is 8.10. The van der Waals surface area contributed by atoms with E-state index in [0.717, 1.165) is 15.9 Å². The molecule has 1 amide bonds. The molecule has 0 spiro atoms. The van der Waals surface area contributed by atoms with Crippen LogP contribution < -0.4 is 21.3 Å². The summed E-state index contributed by atoms with van der Waals surface area (Å²) >= 11 is 0. The molecule has 1 aromatic carbocycles. The summed E-state index contributed by atoms with van der Waals surface area (Å²) in [6, 6.07) is 8.52. The lowest BCUT2D eigenvalue weighted by molar-refractivity contribution is -0.122. The monoisotopic (exact) mass is 345 g/mol. The topological polar surface area (TPSA) is 82.3 Å². The van der Waals surface area contributed by atoms with Gasteiger partial charge in [0, 0.05) is 19.3 Å². The largest absolute Gasteiger partial charge is 0.491 e. The Morgan fingerprint density at radius 3 is 2.60 bits per heavy atom. The highest BCUT2D eigenvalue weighted by atomic mass is 16.5. The molecule has 0 saturated carbocycles. The van der Waals surface area contributed by atoms with Gasteiger partial charge in [-0.15, -0.1) is 0 Å². The molecule has 2 aromatic rings. The van der Waals surface area contributed by atoms with Gasteiger partial charge in [0.2, 0.25) is 5.91 Å². The van der Waals surface area contributed by atoms with Crippen LogP contribution in [-0.2, 0) is 18.4 Å². The van der Waals surface area contributed by atoms with E-state index in [9.17, 15) is 14.4 Å². The highest BCUT2D eigenvalue weighted by molar-refractivity contribution is 5.76. The van der Waals surface area contributed by atoms with Crippen LogP contribution in [0.25, 0.3) is 0 Å². The lowest BCUT2D eigenvalue weighted by Crippen LogP contribution is -2.40. The highest BCUT2D eigenvalue weighted by Gasteiger charge is 2.12. The molecule has 2 rings (SSSR count). The lowest BCUT2D eigenvalue weighted by atomic mass is 10.1. The second-order valence-corrected chi connectivity index (χ2v) is 6.15. The van der Waals surface area contributed by atoms with E-state index < -0.39 is 11.2 Å². The number of aromatic nitrogens is 2. The molecule has 0 aliphatic carbocycles. The minimum atomic E-state index is -0.525. The van der Waals surface area contributed by atoms with Crippen LogP contribution in [0.2, 0.25) is 0 Å². The van der Waals surface area contributed by atoms with Gasteiger partial charge in [-0.25, -0.2) is 4.79 Å². The van der Waals surface area contributed by atoms with Crippen molar-refractivity contribution in [2.75, 3.05) is 0 Å². The SMILES string of the molecule is CC(C)Oc1cccc(C(C)NC(=O)Cn2ccc(=O)n(C)c2=O)c1. The molecule has 134 valence electrons. The van der Waals surface area contributed by atoms with Crippen LogP contribution in [0.3, 0.4) is 0 Å². The predicted octanol–water partition coefficient (Wildman–Crippen LogP) is 1.21. The average Bonchev–Trinajstić information content (AvgIpc) is 2.55. The van der Waals surface area contributed by atoms with Crippen molar-refractivity contribution in [3.05, 3.63) is 62.9 Å². The van der Waals surface area contributed by atoms with Gasteiger partial charge in [-0.1, -0.05) is 12.1 Å². The maximum absolute atomic E-state index is 12.2. The van der Waals surface area contributed by atoms with Gasteiger partial charge in [-0.05, 0) is 38.5 Å². The molecule has 0 aliphatic heterocycles. The van der Waals surface area contributed by atoms with Crippen molar-refractivity contribution < 1.29 is 9.53 Å². The smallest absolute Gasteiger partial charge is 0.331 e. The Kier molecular flexibility index (Phi) is 5.80. The zero-order valence-corrected chi connectivity index (χ0v) is 14.9. The van der Waals surface area contributed by atoms with E-state index in [4.69, 9.17) is 4.74 Å². The molecule has 1 atom stereocenters. The third-order valence-electron chi connectivity index (χ3n) is 3.68. The van der Waals surface area contributed by atoms with E-state index in [1.54, 1.807) is 0 Å². The quantitative estimate of drug-likeness (QED) is 0.853. The van der Waals surface area contributed by atoms with Gasteiger partial charge in [-0.3, -0.25) is 18.7 Å². The second kappa shape index (κ2) is 7.83. The number of carbonyl (C=O) groups is 1. The molecule has 25 heavy (non-hydrogen) atoms. The summed E-state index contributed by atoms with van der Waals surface area (Å²) in [7, 11) is 1.38. The number of nitrogens with zero attached hydrogens (tertiary/aromatic N) is 2. The number of nitrogens with one attached hydrogen (secondary N) is 1. The fourth-order valence-corrected chi connectivity index (χ4v) is 2.39. The standard InChI is InChI=1S/C18H23N3O4/c1-12(2)25-15-7-5-6-14(10-15)13(3)19-16(22)11-21-9-8-17(23)20(4)18(21)24/h5-10,12-13H,11H2,1-4H3,(H,19,22). The summed E-state index contributed by atoms with van der Waals surface area (Å²) in [4.78, 5) is 35.6. The molecular formula is C18H23N3O4. The molecule has 1 N–H and O–H groups in total. The van der Waals surface area contributed by atoms with Crippen LogP contribution >= 0.6 is 0 Å². The Labute approximate surface area is 145 Å². The van der Waals surface area contributed by atoms with Crippen molar-refractivity contribution in [3.63, 3.8) is 0 Å². The number of rotatable bonds is 6. The van der Waals surface area contributed by atoms with Crippen LogP contribution in [0, 0.1) is 0 Å². The molecule has 7 nitrogen and oxygen atoms in total. The van der Waals surface area contributed by atoms with Crippen LogP contribution in [-0.4, -0.2) is 21.1 Å². The summed E-state index contributed by atoms with van der Waals surface area (Å²) in [5, 5.41) is 2.84. The van der Waals surface area contributed by atoms with Crippen molar-refractivity contribution in [2.24, 2.45) is 7.05 Å². The Hall–Kier alpha value is -2.83. The lowest BCUT2D eigenvalue weighted by Gasteiger charge is -2.17. The number of hydrogen-bond donors (Lipinski definition) is 1. The average molecular weight is 345 g/mol. The van der Waals surface area contributed by atoms with Crippen molar-refractivity contribution in [2.45, 2.75) is 39.5 Å². The summed E-state index contributed by atoms with van der Waals surface area (Å²) < 4.78 is 7.81. The molecule has 1 unspecified atom stereocenters. The Balaban J connectivity index is 2.07. The third kappa shape index (κ3) is 4.82. The van der Waals surface area contributed by atoms with E-state index in [2.05, 4.69) is 5.32 Å². The summed E-state index contributed by atoms with van der Waals surface area (Å²) in [6.45, 7) is 5.60. The molecule has 0 aliphatic rings. The highest BCUT2D eigenvalue weighted by Crippen LogP contribution is 2.20. The first-order valence-electron chi connectivity index (χ1n) is 8.10. The Morgan fingerprint density at radius 2 is 1.92 bits per heavy atom. The van der Waals surface area contributed by atoms with Gasteiger partial charge in [0.1, 0.15) is 12.3 Å². The van der Waals surface area contributed by atoms with Crippen molar-refractivity contribution in [1.29, 1.82) is 0 Å². The first-order chi connectivity index (χ1) is 11.8. The van der Waals surface area contributed by atoms with Crippen LogP contribution in [0.5, 0.6) is 5.75 Å². The van der Waals surface area contributed by atoms with E-state index in [0.29, 0.717) is 0 Å². The number of carbonyl (C=O) groups excluding carboxylic acids is 1. The van der Waals surface area contributed by atoms with Crippen LogP contribution in [0.1, 0.15) is 32.4 Å². The summed E-state index contributed by atoms with van der Waals surface area (Å²) in [5.41, 5.74) is -0.0288. The molecule has 0 saturated heterocycles. The van der Waals surface area contributed by atoms with E-state index in [1.165, 1.54) is 23.9 Å². The maximum Gasteiger partial charge on any atom is 0.331 e. The van der Waals surface area contributed by atoms with Gasteiger partial charge in [-0.2, -0.15) is 0 Å². The van der Waals surface area contributed by atoms with Crippen molar-refractivity contribution in [3.8, 4) is 5.75 Å². The minimum Gasteiger partial charge on any atom is -0.491 e. The third-order valence-corrected chi connectivity index (χ3v) is 3.68. The van der Waals surface area contributed by atoms with Crippen molar-refractivity contribution in [1.82, 2.24) is 14.5 Å². The fourth-order valence-electron chi connectivity index (χ4n) is 2.39. The van der Waals surface area contributed by atoms with Gasteiger partial charge in [0.25, 0.3) is 5.56 Å². The number of hydrogen-bond acceptors (Lipinski definition) is 4. The van der Waals surface area contributed by atoms with E-state index in [1.807, 2.05) is 45.0 Å². The molecule has 1 heterocycles. The number of benzene rings is 1. The van der Waals surface area contributed by atoms with Gasteiger partial charge in [0.15, 0.2) is 0 Å². The number of amides is 1. The molecule has 0 radical (unpaired) electrons. The van der Waals surface area contributed by atoms with Crippen LogP contribution in [0.4, 0.5) is 0 Å². The second-order valence-electron chi connectivity index (χ2n) is 6.15.